The van der Waals surface area contributed by atoms with Crippen LogP contribution in [0.3, 0.4) is 0 Å². The molecule has 0 aliphatic heterocycles. The highest BCUT2D eigenvalue weighted by Gasteiger charge is 2.28. The van der Waals surface area contributed by atoms with Crippen LogP contribution in [0.15, 0.2) is 30.3 Å². The monoisotopic (exact) mass is 286 g/mol. The number of aliphatic carboxylic acids is 1. The molecule has 0 aliphatic rings. The van der Waals surface area contributed by atoms with E-state index in [-0.39, 0.29) is 12.5 Å². The molecule has 0 saturated carbocycles. The van der Waals surface area contributed by atoms with E-state index in [0.717, 1.165) is 0 Å². The van der Waals surface area contributed by atoms with Gasteiger partial charge in [0, 0.05) is 6.16 Å². The van der Waals surface area contributed by atoms with Gasteiger partial charge in [-0.3, -0.25) is 9.36 Å². The molecule has 0 bridgehead atoms. The summed E-state index contributed by atoms with van der Waals surface area (Å²) in [5, 5.41) is 8.98. The number of carbonyl (C=O) groups is 1. The second kappa shape index (κ2) is 7.31. The van der Waals surface area contributed by atoms with E-state index in [2.05, 4.69) is 0 Å². The number of carboxylic acid groups (broad SMARTS) is 1. The van der Waals surface area contributed by atoms with Crippen LogP contribution in [0.25, 0.3) is 0 Å². The molecule has 0 fully saturated rings. The minimum Gasteiger partial charge on any atom is -0.484 e. The molecule has 1 aromatic rings. The third-order valence-corrected chi connectivity index (χ3v) is 4.21. The van der Waals surface area contributed by atoms with Crippen LogP contribution >= 0.6 is 7.37 Å². The first-order valence-corrected chi connectivity index (χ1v) is 8.19. The lowest BCUT2D eigenvalue weighted by atomic mass is 10.1. The third-order valence-electron chi connectivity index (χ3n) is 2.67. The average Bonchev–Trinajstić information content (AvgIpc) is 2.37. The summed E-state index contributed by atoms with van der Waals surface area (Å²) in [5.41, 5.74) is 0. The fourth-order valence-electron chi connectivity index (χ4n) is 1.73. The van der Waals surface area contributed by atoms with Gasteiger partial charge in [-0.05, 0) is 18.6 Å². The van der Waals surface area contributed by atoms with E-state index in [1.54, 1.807) is 24.3 Å². The van der Waals surface area contributed by atoms with E-state index in [4.69, 9.17) is 9.84 Å². The van der Waals surface area contributed by atoms with Crippen LogP contribution in [0.4, 0.5) is 0 Å². The van der Waals surface area contributed by atoms with E-state index in [0.29, 0.717) is 18.6 Å². The first kappa shape index (κ1) is 15.7. The number of hydrogen-bond donors (Lipinski definition) is 2. The van der Waals surface area contributed by atoms with E-state index < -0.39 is 19.3 Å². The van der Waals surface area contributed by atoms with E-state index in [9.17, 15) is 14.3 Å². The summed E-state index contributed by atoms with van der Waals surface area (Å²) < 4.78 is 17.2. The molecule has 0 radical (unpaired) electrons. The highest BCUT2D eigenvalue weighted by atomic mass is 31.2. The molecule has 1 aromatic carbocycles. The minimum absolute atomic E-state index is 0.247. The van der Waals surface area contributed by atoms with Crippen LogP contribution < -0.4 is 4.74 Å². The molecule has 2 N–H and O–H groups in total. The summed E-state index contributed by atoms with van der Waals surface area (Å²) in [5.74, 6) is -1.32. The smallest absolute Gasteiger partial charge is 0.307 e. The van der Waals surface area contributed by atoms with E-state index in [1.807, 2.05) is 13.0 Å². The van der Waals surface area contributed by atoms with Crippen molar-refractivity contribution in [2.24, 2.45) is 5.92 Å². The lowest BCUT2D eigenvalue weighted by Crippen LogP contribution is -2.19. The summed E-state index contributed by atoms with van der Waals surface area (Å²) in [6, 6.07) is 8.69. The maximum atomic E-state index is 11.9. The SMILES string of the molecule is CCCC(CP(=O)(O)COc1ccccc1)C(=O)O. The summed E-state index contributed by atoms with van der Waals surface area (Å²) >= 11 is 0. The Morgan fingerprint density at radius 3 is 2.53 bits per heavy atom. The molecule has 0 aliphatic carbocycles. The molecule has 106 valence electrons. The Morgan fingerprint density at radius 2 is 2.00 bits per heavy atom. The zero-order valence-corrected chi connectivity index (χ0v) is 11.8. The van der Waals surface area contributed by atoms with Gasteiger partial charge in [0.05, 0.1) is 5.92 Å². The van der Waals surface area contributed by atoms with Crippen molar-refractivity contribution in [2.45, 2.75) is 19.8 Å². The van der Waals surface area contributed by atoms with E-state index >= 15 is 0 Å². The number of ether oxygens (including phenoxy) is 1. The Bertz CT molecular complexity index is 446. The van der Waals surface area contributed by atoms with Gasteiger partial charge in [-0.1, -0.05) is 31.5 Å². The van der Waals surface area contributed by atoms with Gasteiger partial charge in [0.1, 0.15) is 5.75 Å². The van der Waals surface area contributed by atoms with Crippen molar-refractivity contribution in [2.75, 3.05) is 12.5 Å². The second-order valence-electron chi connectivity index (χ2n) is 4.44. The molecule has 0 heterocycles. The van der Waals surface area contributed by atoms with Gasteiger partial charge in [0.2, 0.25) is 7.37 Å². The van der Waals surface area contributed by atoms with Crippen molar-refractivity contribution < 1.29 is 24.1 Å². The van der Waals surface area contributed by atoms with Crippen LogP contribution in [0.1, 0.15) is 19.8 Å². The van der Waals surface area contributed by atoms with Crippen molar-refractivity contribution >= 4 is 13.3 Å². The average molecular weight is 286 g/mol. The van der Waals surface area contributed by atoms with Gasteiger partial charge in [0.25, 0.3) is 0 Å². The molecule has 5 nitrogen and oxygen atoms in total. The number of rotatable bonds is 8. The fourth-order valence-corrected chi connectivity index (χ4v) is 3.21. The highest BCUT2D eigenvalue weighted by Crippen LogP contribution is 2.43. The van der Waals surface area contributed by atoms with Gasteiger partial charge in [-0.25, -0.2) is 0 Å². The maximum Gasteiger partial charge on any atom is 0.307 e. The van der Waals surface area contributed by atoms with Crippen molar-refractivity contribution in [3.05, 3.63) is 30.3 Å². The van der Waals surface area contributed by atoms with Gasteiger partial charge in [0.15, 0.2) is 6.35 Å². The van der Waals surface area contributed by atoms with Crippen LogP contribution in [-0.4, -0.2) is 28.5 Å². The van der Waals surface area contributed by atoms with Gasteiger partial charge in [-0.15, -0.1) is 0 Å². The summed E-state index contributed by atoms with van der Waals surface area (Å²) in [6.07, 6.45) is 0.454. The van der Waals surface area contributed by atoms with Crippen LogP contribution in [0, 0.1) is 5.92 Å². The quantitative estimate of drug-likeness (QED) is 0.718. The molecule has 2 unspecified atom stereocenters. The van der Waals surface area contributed by atoms with Crippen LogP contribution in [0.2, 0.25) is 0 Å². The lowest BCUT2D eigenvalue weighted by Gasteiger charge is -2.17. The zero-order valence-electron chi connectivity index (χ0n) is 10.9. The van der Waals surface area contributed by atoms with Crippen molar-refractivity contribution in [1.82, 2.24) is 0 Å². The summed E-state index contributed by atoms with van der Waals surface area (Å²) in [4.78, 5) is 20.8. The standard InChI is InChI=1S/C13H19O5P/c1-2-6-11(13(14)15)9-19(16,17)10-18-12-7-4-3-5-8-12/h3-5,7-8,11H,2,6,9-10H2,1H3,(H,14,15)(H,16,17). The molecular weight excluding hydrogens is 267 g/mol. The Kier molecular flexibility index (Phi) is 6.06. The Morgan fingerprint density at radius 1 is 1.37 bits per heavy atom. The molecule has 6 heteroatoms. The summed E-state index contributed by atoms with van der Waals surface area (Å²) in [6.45, 7) is 1.85. The van der Waals surface area contributed by atoms with Crippen LogP contribution in [0.5, 0.6) is 5.75 Å². The first-order chi connectivity index (χ1) is 8.94. The molecule has 0 saturated heterocycles. The topological polar surface area (TPSA) is 83.8 Å². The molecular formula is C13H19O5P. The molecule has 0 amide bonds. The Labute approximate surface area is 112 Å². The Balaban J connectivity index is 2.55. The number of benzene rings is 1. The molecule has 1 rings (SSSR count). The molecule has 2 atom stereocenters. The minimum atomic E-state index is -3.60. The normalized spacial score (nSPS) is 15.5. The molecule has 0 aromatic heterocycles. The van der Waals surface area contributed by atoms with Crippen LogP contribution in [-0.2, 0) is 9.36 Å². The van der Waals surface area contributed by atoms with E-state index in [1.165, 1.54) is 0 Å². The number of para-hydroxylation sites is 1. The first-order valence-electron chi connectivity index (χ1n) is 6.16. The predicted molar refractivity (Wildman–Crippen MR) is 72.7 cm³/mol. The third kappa shape index (κ3) is 5.90. The number of carboxylic acids is 1. The fraction of sp³-hybridized carbons (Fsp3) is 0.462. The second-order valence-corrected chi connectivity index (χ2v) is 6.76. The maximum absolute atomic E-state index is 11.9. The number of hydrogen-bond acceptors (Lipinski definition) is 3. The zero-order chi connectivity index (χ0) is 14.3. The molecule has 19 heavy (non-hydrogen) atoms. The molecule has 0 spiro atoms. The van der Waals surface area contributed by atoms with Crippen molar-refractivity contribution in [3.63, 3.8) is 0 Å². The highest BCUT2D eigenvalue weighted by molar-refractivity contribution is 7.57. The Hall–Kier alpha value is -1.32. The van der Waals surface area contributed by atoms with Crippen molar-refractivity contribution in [3.8, 4) is 5.75 Å². The van der Waals surface area contributed by atoms with Gasteiger partial charge >= 0.3 is 5.97 Å². The largest absolute Gasteiger partial charge is 0.484 e. The van der Waals surface area contributed by atoms with Crippen molar-refractivity contribution in [1.29, 1.82) is 0 Å². The van der Waals surface area contributed by atoms with Gasteiger partial charge in [-0.2, -0.15) is 0 Å². The predicted octanol–water partition coefficient (Wildman–Crippen LogP) is 2.79. The van der Waals surface area contributed by atoms with Gasteiger partial charge < -0.3 is 14.7 Å². The lowest BCUT2D eigenvalue weighted by molar-refractivity contribution is -0.141. The summed E-state index contributed by atoms with van der Waals surface area (Å²) in [7, 11) is -3.60.